The average molecular weight is 721 g/mol. The molecule has 0 spiro atoms. The summed E-state index contributed by atoms with van der Waals surface area (Å²) in [4.78, 5) is 33.7. The van der Waals surface area contributed by atoms with Crippen molar-refractivity contribution in [2.24, 2.45) is 16.8 Å². The van der Waals surface area contributed by atoms with E-state index in [1.54, 1.807) is 17.4 Å². The lowest BCUT2D eigenvalue weighted by molar-refractivity contribution is -0.136. The van der Waals surface area contributed by atoms with Crippen LogP contribution in [0.3, 0.4) is 0 Å². The fourth-order valence-corrected chi connectivity index (χ4v) is 9.40. The maximum absolute atomic E-state index is 14.8. The molecule has 2 fully saturated rings. The fraction of sp³-hybridized carbons (Fsp3) is 0.216. The third-order valence-electron chi connectivity index (χ3n) is 9.67. The van der Waals surface area contributed by atoms with Crippen molar-refractivity contribution in [3.05, 3.63) is 83.9 Å². The Morgan fingerprint density at radius 2 is 1.34 bits per heavy atom. The Balaban J connectivity index is 1.18. The van der Waals surface area contributed by atoms with E-state index >= 15 is 0 Å². The molecule has 0 amide bonds. The van der Waals surface area contributed by atoms with Gasteiger partial charge in [0, 0.05) is 44.9 Å². The number of thiophene rings is 1. The first-order valence-corrected chi connectivity index (χ1v) is 18.4. The van der Waals surface area contributed by atoms with Crippen LogP contribution in [0.15, 0.2) is 77.8 Å². The van der Waals surface area contributed by atoms with E-state index in [9.17, 15) is 18.4 Å². The third-order valence-corrected chi connectivity index (χ3v) is 11.8. The number of carbonyl (C=O) groups is 2. The SMILES string of the molecule is Cc1ccc(N(c2ccc(C)cc2)c2ccc(-c3cc4c(cc(N=C5C(=O)C(=O)C6C(F)CC(F)CC56)c5nsnc54)c4nsnc34)s2)cc1. The predicted octanol–water partition coefficient (Wildman–Crippen LogP) is 9.59. The maximum Gasteiger partial charge on any atom is 0.243 e. The molecule has 4 aromatic carbocycles. The zero-order valence-electron chi connectivity index (χ0n) is 26.6. The van der Waals surface area contributed by atoms with Crippen LogP contribution in [0.4, 0.5) is 30.8 Å². The van der Waals surface area contributed by atoms with Gasteiger partial charge in [0.2, 0.25) is 11.6 Å². The first-order chi connectivity index (χ1) is 24.2. The van der Waals surface area contributed by atoms with Crippen molar-refractivity contribution >= 4 is 107 Å². The minimum atomic E-state index is -1.72. The number of aromatic nitrogens is 4. The lowest BCUT2D eigenvalue weighted by atomic mass is 9.78. The molecular formula is C37H26F2N6O2S3. The molecule has 2 aliphatic carbocycles. The Bertz CT molecular complexity index is 2480. The largest absolute Gasteiger partial charge is 0.302 e. The lowest BCUT2D eigenvalue weighted by Gasteiger charge is -2.29. The Morgan fingerprint density at radius 3 is 2.02 bits per heavy atom. The maximum atomic E-state index is 14.8. The normalized spacial score (nSPS) is 21.6. The number of nitrogens with zero attached hydrogens (tertiary/aromatic N) is 6. The van der Waals surface area contributed by atoms with Crippen molar-refractivity contribution < 1.29 is 18.4 Å². The second-order valence-electron chi connectivity index (χ2n) is 12.9. The number of carbonyl (C=O) groups excluding carboxylic acids is 2. The Labute approximate surface area is 296 Å². The van der Waals surface area contributed by atoms with Gasteiger partial charge in [-0.25, -0.2) is 13.8 Å². The average Bonchev–Trinajstić information content (AvgIpc) is 3.92. The third kappa shape index (κ3) is 4.97. The van der Waals surface area contributed by atoms with Gasteiger partial charge in [-0.3, -0.25) is 9.59 Å². The summed E-state index contributed by atoms with van der Waals surface area (Å²) in [5.41, 5.74) is 7.88. The van der Waals surface area contributed by atoms with Gasteiger partial charge >= 0.3 is 0 Å². The second-order valence-corrected chi connectivity index (χ2v) is 15.0. The number of rotatable bonds is 5. The quantitative estimate of drug-likeness (QED) is 0.163. The number of benzene rings is 4. The fourth-order valence-electron chi connectivity index (χ4n) is 7.20. The first kappa shape index (κ1) is 31.2. The summed E-state index contributed by atoms with van der Waals surface area (Å²) in [6.07, 6.45) is -3.68. The molecule has 8 nitrogen and oxygen atoms in total. The van der Waals surface area contributed by atoms with Gasteiger partial charge in [-0.05, 0) is 68.8 Å². The van der Waals surface area contributed by atoms with E-state index in [1.165, 1.54) is 11.1 Å². The van der Waals surface area contributed by atoms with Crippen molar-refractivity contribution in [3.8, 4) is 10.4 Å². The van der Waals surface area contributed by atoms with Crippen LogP contribution < -0.4 is 4.90 Å². The van der Waals surface area contributed by atoms with E-state index in [2.05, 4.69) is 97.5 Å². The molecule has 0 N–H and O–H groups in total. The van der Waals surface area contributed by atoms with Gasteiger partial charge in [0.1, 0.15) is 39.4 Å². The molecule has 9 rings (SSSR count). The molecule has 2 saturated carbocycles. The highest BCUT2D eigenvalue weighted by molar-refractivity contribution is 7.19. The number of hydrogen-bond donors (Lipinski definition) is 0. The van der Waals surface area contributed by atoms with E-state index in [0.717, 1.165) is 55.7 Å². The summed E-state index contributed by atoms with van der Waals surface area (Å²) >= 11 is 3.73. The highest BCUT2D eigenvalue weighted by Gasteiger charge is 2.54. The number of aliphatic imine (C=N–C) groups is 1. The van der Waals surface area contributed by atoms with Crippen LogP contribution in [0.1, 0.15) is 24.0 Å². The van der Waals surface area contributed by atoms with Crippen LogP contribution in [0.5, 0.6) is 0 Å². The van der Waals surface area contributed by atoms with E-state index in [0.29, 0.717) is 33.1 Å². The molecule has 0 bridgehead atoms. The predicted molar refractivity (Wildman–Crippen MR) is 196 cm³/mol. The highest BCUT2D eigenvalue weighted by atomic mass is 32.1. The zero-order chi connectivity index (χ0) is 34.3. The van der Waals surface area contributed by atoms with Crippen molar-refractivity contribution in [1.29, 1.82) is 0 Å². The Morgan fingerprint density at radius 1 is 0.740 bits per heavy atom. The lowest BCUT2D eigenvalue weighted by Crippen LogP contribution is -2.36. The van der Waals surface area contributed by atoms with Crippen LogP contribution in [0.25, 0.3) is 43.3 Å². The van der Waals surface area contributed by atoms with Crippen LogP contribution >= 0.6 is 34.8 Å². The molecule has 0 radical (unpaired) electrons. The number of Topliss-reactive ketones (excluding diaryl/α,β-unsaturated/α-hetero) is 2. The van der Waals surface area contributed by atoms with Crippen LogP contribution in [0, 0.1) is 25.7 Å². The highest BCUT2D eigenvalue weighted by Crippen LogP contribution is 2.47. The van der Waals surface area contributed by atoms with E-state index in [4.69, 9.17) is 4.37 Å². The van der Waals surface area contributed by atoms with E-state index in [-0.39, 0.29) is 18.6 Å². The van der Waals surface area contributed by atoms with Crippen LogP contribution in [-0.4, -0.2) is 47.1 Å². The molecular weight excluding hydrogens is 695 g/mol. The summed E-state index contributed by atoms with van der Waals surface area (Å²) in [5, 5.41) is 2.52. The number of alkyl halides is 2. The van der Waals surface area contributed by atoms with Gasteiger partial charge in [-0.15, -0.1) is 11.3 Å². The van der Waals surface area contributed by atoms with Gasteiger partial charge < -0.3 is 4.90 Å². The zero-order valence-corrected chi connectivity index (χ0v) is 29.1. The van der Waals surface area contributed by atoms with Crippen molar-refractivity contribution in [1.82, 2.24) is 17.5 Å². The number of ketones is 2. The summed E-state index contributed by atoms with van der Waals surface area (Å²) in [6.45, 7) is 4.15. The summed E-state index contributed by atoms with van der Waals surface area (Å²) in [5.74, 6) is -3.81. The Kier molecular flexibility index (Phi) is 7.41. The molecule has 4 unspecified atom stereocenters. The van der Waals surface area contributed by atoms with Crippen molar-refractivity contribution in [2.45, 2.75) is 39.0 Å². The standard InChI is InChI=1S/C37H26F2N6O2S3/c1-17-3-7-20(8-4-17)45(21-9-5-18(2)6-10-21)29-12-11-28(48-29)24-15-22-23(31-33(24)43-49-41-31)16-27(35-32(22)42-50-44-35)40-34-25-13-19(38)14-26(39)30(25)36(46)37(34)47/h3-12,15-16,19,25-26,30H,13-14H2,1-2H3. The number of hydrogen-bond acceptors (Lipinski definition) is 11. The number of aryl methyl sites for hydroxylation is 2. The number of anilines is 3. The van der Waals surface area contributed by atoms with Gasteiger partial charge in [0.15, 0.2) is 0 Å². The van der Waals surface area contributed by atoms with Gasteiger partial charge in [-0.2, -0.15) is 17.5 Å². The molecule has 50 heavy (non-hydrogen) atoms. The minimum Gasteiger partial charge on any atom is -0.302 e. The minimum absolute atomic E-state index is 0.110. The van der Waals surface area contributed by atoms with Gasteiger partial charge in [-0.1, -0.05) is 35.4 Å². The topological polar surface area (TPSA) is 101 Å². The smallest absolute Gasteiger partial charge is 0.243 e. The Hall–Kier alpha value is -4.85. The summed E-state index contributed by atoms with van der Waals surface area (Å²) in [6, 6.07) is 24.9. The number of fused-ring (bicyclic) bond motifs is 6. The molecule has 248 valence electrons. The summed E-state index contributed by atoms with van der Waals surface area (Å²) in [7, 11) is 0. The van der Waals surface area contributed by atoms with Crippen LogP contribution in [-0.2, 0) is 9.59 Å². The van der Waals surface area contributed by atoms with Crippen molar-refractivity contribution in [3.63, 3.8) is 0 Å². The molecule has 13 heteroatoms. The summed E-state index contributed by atoms with van der Waals surface area (Å²) < 4.78 is 47.8. The molecule has 3 aromatic heterocycles. The van der Waals surface area contributed by atoms with E-state index in [1.807, 2.05) is 6.07 Å². The molecule has 3 heterocycles. The first-order valence-electron chi connectivity index (χ1n) is 16.1. The molecule has 7 aromatic rings. The van der Waals surface area contributed by atoms with Crippen LogP contribution in [0.2, 0.25) is 0 Å². The van der Waals surface area contributed by atoms with Gasteiger partial charge in [0.25, 0.3) is 0 Å². The van der Waals surface area contributed by atoms with Crippen molar-refractivity contribution in [2.75, 3.05) is 4.90 Å². The number of halogens is 2. The second kappa shape index (κ2) is 11.9. The van der Waals surface area contributed by atoms with E-state index < -0.39 is 35.7 Å². The molecule has 4 atom stereocenters. The molecule has 2 aliphatic rings. The molecule has 0 aliphatic heterocycles. The molecule has 0 saturated heterocycles. The van der Waals surface area contributed by atoms with Gasteiger partial charge in [0.05, 0.1) is 40.8 Å². The monoisotopic (exact) mass is 720 g/mol.